The Kier molecular flexibility index (Phi) is 4.75. The number of benzene rings is 2. The highest BCUT2D eigenvalue weighted by atomic mass is 79.9. The summed E-state index contributed by atoms with van der Waals surface area (Å²) in [4.78, 5) is 26.2. The predicted octanol–water partition coefficient (Wildman–Crippen LogP) is 3.00. The molecular formula is C23H20BrN3O5. The Bertz CT molecular complexity index is 1520. The smallest absolute Gasteiger partial charge is 0.331 e. The molecule has 2 aromatic heterocycles. The summed E-state index contributed by atoms with van der Waals surface area (Å²) in [6, 6.07) is 11.8. The van der Waals surface area contributed by atoms with Crippen molar-refractivity contribution in [2.45, 2.75) is 12.6 Å². The van der Waals surface area contributed by atoms with Crippen LogP contribution < -0.4 is 11.2 Å². The van der Waals surface area contributed by atoms with E-state index in [1.165, 1.54) is 29.8 Å². The number of hydrogen-bond acceptors (Lipinski definition) is 5. The molecule has 1 aliphatic heterocycles. The number of halogens is 1. The number of aromatic nitrogens is 3. The summed E-state index contributed by atoms with van der Waals surface area (Å²) in [6.07, 6.45) is -0.781. The maximum absolute atomic E-state index is 13.4. The van der Waals surface area contributed by atoms with Crippen LogP contribution in [-0.2, 0) is 25.4 Å². The van der Waals surface area contributed by atoms with Gasteiger partial charge in [-0.05, 0) is 30.3 Å². The highest BCUT2D eigenvalue weighted by Gasteiger charge is 2.34. The van der Waals surface area contributed by atoms with Crippen LogP contribution in [0, 0.1) is 0 Å². The van der Waals surface area contributed by atoms with Gasteiger partial charge in [-0.3, -0.25) is 13.9 Å². The van der Waals surface area contributed by atoms with Crippen LogP contribution in [0.15, 0.2) is 56.5 Å². The van der Waals surface area contributed by atoms with Gasteiger partial charge in [0.15, 0.2) is 0 Å². The molecule has 2 N–H and O–H groups in total. The fourth-order valence-electron chi connectivity index (χ4n) is 4.50. The van der Waals surface area contributed by atoms with Gasteiger partial charge in [0, 0.05) is 36.2 Å². The average molecular weight is 498 g/mol. The summed E-state index contributed by atoms with van der Waals surface area (Å²) < 4.78 is 11.4. The van der Waals surface area contributed by atoms with Gasteiger partial charge in [-0.15, -0.1) is 0 Å². The van der Waals surface area contributed by atoms with Crippen LogP contribution in [0.1, 0.15) is 17.4 Å². The van der Waals surface area contributed by atoms with Crippen LogP contribution in [0.25, 0.3) is 22.2 Å². The number of phenols is 2. The van der Waals surface area contributed by atoms with Crippen molar-refractivity contribution in [2.24, 2.45) is 14.1 Å². The summed E-state index contributed by atoms with van der Waals surface area (Å²) in [6.45, 7) is 0.780. The second-order valence-electron chi connectivity index (χ2n) is 7.82. The first-order valence-electron chi connectivity index (χ1n) is 10.0. The minimum absolute atomic E-state index is 0.0219. The lowest BCUT2D eigenvalue weighted by atomic mass is 10.0. The van der Waals surface area contributed by atoms with Gasteiger partial charge in [-0.1, -0.05) is 28.1 Å². The molecule has 1 atom stereocenters. The van der Waals surface area contributed by atoms with Crippen LogP contribution in [0.3, 0.4) is 0 Å². The van der Waals surface area contributed by atoms with E-state index < -0.39 is 17.4 Å². The van der Waals surface area contributed by atoms with Crippen LogP contribution >= 0.6 is 15.9 Å². The Hall–Kier alpha value is -3.30. The number of aryl methyl sites for hydroxylation is 1. The van der Waals surface area contributed by atoms with Crippen molar-refractivity contribution in [3.63, 3.8) is 0 Å². The Labute approximate surface area is 190 Å². The molecule has 8 nitrogen and oxygen atoms in total. The second-order valence-corrected chi connectivity index (χ2v) is 8.73. The standard InChI is InChI=1S/C23H20BrN3O5/c1-25-19-17(22(30)26(2)23(25)31)18(12-4-3-5-13(24)10-12)27-8-9-32-21(20(19)27)15-11-14(28)6-7-16(15)29/h3-7,10-11,21,28-29H,8-9H2,1-2H3/t21-/m1/s1. The third kappa shape index (κ3) is 2.92. The molecule has 2 aromatic carbocycles. The molecule has 0 radical (unpaired) electrons. The second kappa shape index (κ2) is 7.39. The summed E-state index contributed by atoms with van der Waals surface area (Å²) >= 11 is 3.50. The molecule has 0 amide bonds. The lowest BCUT2D eigenvalue weighted by Crippen LogP contribution is -2.37. The Morgan fingerprint density at radius 1 is 1.06 bits per heavy atom. The molecule has 164 valence electrons. The normalized spacial score (nSPS) is 15.8. The lowest BCUT2D eigenvalue weighted by molar-refractivity contribution is 0.0463. The number of phenolic OH excluding ortho intramolecular Hbond substituents is 2. The van der Waals surface area contributed by atoms with Gasteiger partial charge in [-0.2, -0.15) is 0 Å². The topological polar surface area (TPSA) is 98.6 Å². The van der Waals surface area contributed by atoms with Gasteiger partial charge < -0.3 is 19.5 Å². The molecule has 0 fully saturated rings. The van der Waals surface area contributed by atoms with Crippen LogP contribution in [0.4, 0.5) is 0 Å². The number of aromatic hydroxyl groups is 2. The first kappa shape index (κ1) is 20.6. The monoisotopic (exact) mass is 497 g/mol. The molecule has 0 saturated heterocycles. The van der Waals surface area contributed by atoms with Crippen molar-refractivity contribution in [1.29, 1.82) is 0 Å². The molecule has 3 heterocycles. The molecule has 1 aliphatic rings. The molecule has 4 aromatic rings. The van der Waals surface area contributed by atoms with E-state index in [0.717, 1.165) is 14.6 Å². The van der Waals surface area contributed by atoms with Crippen LogP contribution in [0.5, 0.6) is 11.5 Å². The molecule has 0 aliphatic carbocycles. The Morgan fingerprint density at radius 2 is 1.84 bits per heavy atom. The van der Waals surface area contributed by atoms with E-state index in [2.05, 4.69) is 15.9 Å². The number of rotatable bonds is 2. The summed E-state index contributed by atoms with van der Waals surface area (Å²) in [7, 11) is 3.07. The van der Waals surface area contributed by atoms with E-state index in [4.69, 9.17) is 4.74 Å². The highest BCUT2D eigenvalue weighted by molar-refractivity contribution is 9.10. The van der Waals surface area contributed by atoms with E-state index in [9.17, 15) is 19.8 Å². The van der Waals surface area contributed by atoms with Crippen molar-refractivity contribution in [2.75, 3.05) is 6.61 Å². The van der Waals surface area contributed by atoms with Gasteiger partial charge in [-0.25, -0.2) is 4.79 Å². The number of hydrogen-bond donors (Lipinski definition) is 2. The minimum Gasteiger partial charge on any atom is -0.508 e. The van der Waals surface area contributed by atoms with Gasteiger partial charge in [0.05, 0.1) is 28.9 Å². The number of nitrogens with zero attached hydrogens (tertiary/aromatic N) is 3. The third-order valence-corrected chi connectivity index (χ3v) is 6.44. The number of fused-ring (bicyclic) bond motifs is 3. The van der Waals surface area contributed by atoms with E-state index in [1.54, 1.807) is 7.05 Å². The van der Waals surface area contributed by atoms with Crippen molar-refractivity contribution in [3.05, 3.63) is 79.0 Å². The summed E-state index contributed by atoms with van der Waals surface area (Å²) in [5.41, 5.74) is 2.02. The summed E-state index contributed by atoms with van der Waals surface area (Å²) in [5, 5.41) is 21.0. The number of ether oxygens (including phenoxy) is 1. The molecule has 0 spiro atoms. The predicted molar refractivity (Wildman–Crippen MR) is 123 cm³/mol. The fraction of sp³-hybridized carbons (Fsp3) is 0.217. The summed E-state index contributed by atoms with van der Waals surface area (Å²) in [5.74, 6) is -0.0696. The van der Waals surface area contributed by atoms with E-state index in [1.807, 2.05) is 28.8 Å². The SMILES string of the molecule is Cn1c(=O)c2c(-c3cccc(Br)c3)n3c(c2n(C)c1=O)[C@@H](c1cc(O)ccc1O)OCC3. The highest BCUT2D eigenvalue weighted by Crippen LogP contribution is 2.43. The van der Waals surface area contributed by atoms with Gasteiger partial charge >= 0.3 is 5.69 Å². The Morgan fingerprint density at radius 3 is 2.59 bits per heavy atom. The molecule has 0 unspecified atom stereocenters. The van der Waals surface area contributed by atoms with E-state index in [-0.39, 0.29) is 11.5 Å². The fourth-order valence-corrected chi connectivity index (χ4v) is 4.90. The van der Waals surface area contributed by atoms with Crippen molar-refractivity contribution in [3.8, 4) is 22.8 Å². The molecule has 9 heteroatoms. The first-order chi connectivity index (χ1) is 15.3. The molecule has 0 saturated carbocycles. The molecule has 32 heavy (non-hydrogen) atoms. The van der Waals surface area contributed by atoms with Gasteiger partial charge in [0.2, 0.25) is 0 Å². The first-order valence-corrected chi connectivity index (χ1v) is 10.8. The molecule has 5 rings (SSSR count). The van der Waals surface area contributed by atoms with Crippen LogP contribution in [-0.4, -0.2) is 30.5 Å². The van der Waals surface area contributed by atoms with Crippen molar-refractivity contribution in [1.82, 2.24) is 13.7 Å². The van der Waals surface area contributed by atoms with E-state index in [0.29, 0.717) is 41.0 Å². The van der Waals surface area contributed by atoms with Gasteiger partial charge in [0.1, 0.15) is 17.6 Å². The lowest BCUT2D eigenvalue weighted by Gasteiger charge is -2.28. The zero-order valence-electron chi connectivity index (χ0n) is 17.4. The average Bonchev–Trinajstić information content (AvgIpc) is 3.13. The largest absolute Gasteiger partial charge is 0.508 e. The van der Waals surface area contributed by atoms with E-state index >= 15 is 0 Å². The van der Waals surface area contributed by atoms with Gasteiger partial charge in [0.25, 0.3) is 5.56 Å². The zero-order valence-corrected chi connectivity index (χ0v) is 19.0. The van der Waals surface area contributed by atoms with Crippen molar-refractivity contribution >= 4 is 26.8 Å². The third-order valence-electron chi connectivity index (χ3n) is 5.94. The quantitative estimate of drug-likeness (QED) is 0.414. The maximum Gasteiger partial charge on any atom is 0.331 e. The maximum atomic E-state index is 13.4. The zero-order chi connectivity index (χ0) is 22.7. The molecular weight excluding hydrogens is 478 g/mol. The van der Waals surface area contributed by atoms with Crippen LogP contribution in [0.2, 0.25) is 0 Å². The van der Waals surface area contributed by atoms with Crippen molar-refractivity contribution < 1.29 is 14.9 Å². The molecule has 0 bridgehead atoms. The minimum atomic E-state index is -0.781. The Balaban J connectivity index is 1.97.